The van der Waals surface area contributed by atoms with E-state index in [9.17, 15) is 4.39 Å². The first-order chi connectivity index (χ1) is 13.5. The van der Waals surface area contributed by atoms with Crippen molar-refractivity contribution < 1.29 is 4.39 Å². The molecule has 0 spiro atoms. The second kappa shape index (κ2) is 9.24. The molecule has 0 aromatic heterocycles. The average Bonchev–Trinajstić information content (AvgIpc) is 3.17. The van der Waals surface area contributed by atoms with Crippen molar-refractivity contribution in [2.75, 3.05) is 43.5 Å². The van der Waals surface area contributed by atoms with Crippen LogP contribution in [0.25, 0.3) is 6.08 Å². The Kier molecular flexibility index (Phi) is 6.74. The summed E-state index contributed by atoms with van der Waals surface area (Å²) in [5.74, 6) is 0.404. The van der Waals surface area contributed by atoms with Crippen LogP contribution in [0.15, 0.2) is 48.5 Å². The van der Waals surface area contributed by atoms with E-state index in [-0.39, 0.29) is 5.82 Å². The quantitative estimate of drug-likeness (QED) is 0.736. The first-order valence-corrected chi connectivity index (χ1v) is 10.2. The van der Waals surface area contributed by atoms with Crippen LogP contribution in [0.2, 0.25) is 0 Å². The Hall–Kier alpha value is -2.33. The fourth-order valence-electron chi connectivity index (χ4n) is 3.65. The van der Waals surface area contributed by atoms with Gasteiger partial charge in [0.1, 0.15) is 5.82 Å². The van der Waals surface area contributed by atoms with Crippen LogP contribution in [0.1, 0.15) is 37.3 Å². The van der Waals surface area contributed by atoms with Crippen LogP contribution in [0.4, 0.5) is 15.8 Å². The number of rotatable bonds is 7. The molecule has 4 heteroatoms. The van der Waals surface area contributed by atoms with Crippen LogP contribution < -0.4 is 15.1 Å². The van der Waals surface area contributed by atoms with Gasteiger partial charge in [-0.05, 0) is 48.7 Å². The number of anilines is 2. The van der Waals surface area contributed by atoms with Crippen molar-refractivity contribution in [1.82, 2.24) is 5.32 Å². The van der Waals surface area contributed by atoms with Gasteiger partial charge in [-0.25, -0.2) is 4.39 Å². The lowest BCUT2D eigenvalue weighted by Gasteiger charge is -2.22. The van der Waals surface area contributed by atoms with Gasteiger partial charge in [-0.1, -0.05) is 50.3 Å². The van der Waals surface area contributed by atoms with E-state index < -0.39 is 0 Å². The Morgan fingerprint density at radius 1 is 1.21 bits per heavy atom. The SMILES string of the molecule is CNC1CCN(c2ccc(N(C)C/C=C/c3ccc(C(C)C)cc3)cc2F)C1. The molecule has 1 aliphatic rings. The molecule has 0 amide bonds. The Morgan fingerprint density at radius 2 is 1.96 bits per heavy atom. The van der Waals surface area contributed by atoms with E-state index in [1.807, 2.05) is 26.2 Å². The maximum atomic E-state index is 14.7. The minimum Gasteiger partial charge on any atom is -0.371 e. The van der Waals surface area contributed by atoms with E-state index in [0.29, 0.717) is 17.6 Å². The van der Waals surface area contributed by atoms with Crippen LogP contribution >= 0.6 is 0 Å². The second-order valence-electron chi connectivity index (χ2n) is 7.96. The third-order valence-electron chi connectivity index (χ3n) is 5.60. The number of halogens is 1. The highest BCUT2D eigenvalue weighted by Gasteiger charge is 2.23. The lowest BCUT2D eigenvalue weighted by Crippen LogP contribution is -2.29. The highest BCUT2D eigenvalue weighted by atomic mass is 19.1. The number of hydrogen-bond donors (Lipinski definition) is 1. The lowest BCUT2D eigenvalue weighted by molar-refractivity contribution is 0.609. The number of nitrogens with one attached hydrogen (secondary N) is 1. The fourth-order valence-corrected chi connectivity index (χ4v) is 3.65. The Balaban J connectivity index is 1.59. The van der Waals surface area contributed by atoms with Crippen molar-refractivity contribution in [3.05, 3.63) is 65.5 Å². The standard InChI is InChI=1S/C24H32FN3/c1-18(2)20-9-7-19(8-10-20)6-5-14-27(4)22-11-12-24(23(25)16-22)28-15-13-21(17-28)26-3/h5-12,16,18,21,26H,13-15,17H2,1-4H3/b6-5+. The van der Waals surface area contributed by atoms with Crippen molar-refractivity contribution >= 4 is 17.5 Å². The monoisotopic (exact) mass is 381 g/mol. The third kappa shape index (κ3) is 4.93. The molecular formula is C24H32FN3. The zero-order valence-corrected chi connectivity index (χ0v) is 17.5. The van der Waals surface area contributed by atoms with Gasteiger partial charge in [-0.15, -0.1) is 0 Å². The molecule has 1 saturated heterocycles. The van der Waals surface area contributed by atoms with Gasteiger partial charge >= 0.3 is 0 Å². The van der Waals surface area contributed by atoms with Crippen LogP contribution in [-0.4, -0.2) is 39.8 Å². The second-order valence-corrected chi connectivity index (χ2v) is 7.96. The zero-order valence-electron chi connectivity index (χ0n) is 17.5. The number of nitrogens with zero attached hydrogens (tertiary/aromatic N) is 2. The van der Waals surface area contributed by atoms with Gasteiger partial charge in [0.15, 0.2) is 0 Å². The first kappa shape index (κ1) is 20.4. The molecule has 2 aromatic carbocycles. The van der Waals surface area contributed by atoms with Crippen molar-refractivity contribution in [1.29, 1.82) is 0 Å². The normalized spacial score (nSPS) is 17.1. The average molecular weight is 382 g/mol. The predicted octanol–water partition coefficient (Wildman–Crippen LogP) is 4.90. The van der Waals surface area contributed by atoms with Gasteiger partial charge in [0.2, 0.25) is 0 Å². The molecule has 0 bridgehead atoms. The first-order valence-electron chi connectivity index (χ1n) is 10.2. The van der Waals surface area contributed by atoms with Gasteiger partial charge in [-0.2, -0.15) is 0 Å². The van der Waals surface area contributed by atoms with Crippen LogP contribution in [-0.2, 0) is 0 Å². The largest absolute Gasteiger partial charge is 0.371 e. The summed E-state index contributed by atoms with van der Waals surface area (Å²) in [6, 6.07) is 14.7. The molecule has 150 valence electrons. The smallest absolute Gasteiger partial charge is 0.148 e. The zero-order chi connectivity index (χ0) is 20.1. The topological polar surface area (TPSA) is 18.5 Å². The number of hydrogen-bond acceptors (Lipinski definition) is 3. The summed E-state index contributed by atoms with van der Waals surface area (Å²) in [5, 5.41) is 3.28. The Bertz CT molecular complexity index is 798. The Labute approximate surface area is 168 Å². The van der Waals surface area contributed by atoms with E-state index in [1.165, 1.54) is 11.1 Å². The lowest BCUT2D eigenvalue weighted by atomic mass is 10.0. The molecule has 1 aliphatic heterocycles. The van der Waals surface area contributed by atoms with Crippen molar-refractivity contribution in [3.63, 3.8) is 0 Å². The molecule has 3 rings (SSSR count). The maximum absolute atomic E-state index is 14.7. The molecule has 3 nitrogen and oxygen atoms in total. The van der Waals surface area contributed by atoms with Crippen LogP contribution in [0, 0.1) is 5.82 Å². The fraction of sp³-hybridized carbons (Fsp3) is 0.417. The summed E-state index contributed by atoms with van der Waals surface area (Å²) in [5.41, 5.74) is 4.14. The van der Waals surface area contributed by atoms with E-state index in [2.05, 4.69) is 65.4 Å². The third-order valence-corrected chi connectivity index (χ3v) is 5.60. The van der Waals surface area contributed by atoms with Gasteiger partial charge < -0.3 is 15.1 Å². The van der Waals surface area contributed by atoms with E-state index in [4.69, 9.17) is 0 Å². The molecule has 0 radical (unpaired) electrons. The number of benzene rings is 2. The molecule has 1 N–H and O–H groups in total. The molecule has 1 heterocycles. The minimum atomic E-state index is -0.144. The summed E-state index contributed by atoms with van der Waals surface area (Å²) in [7, 11) is 3.96. The predicted molar refractivity (Wildman–Crippen MR) is 119 cm³/mol. The molecule has 1 unspecified atom stereocenters. The molecule has 0 aliphatic carbocycles. The molecule has 1 atom stereocenters. The highest BCUT2D eigenvalue weighted by molar-refractivity contribution is 5.59. The number of likely N-dealkylation sites (N-methyl/N-ethyl adjacent to an activating group) is 2. The van der Waals surface area contributed by atoms with E-state index in [0.717, 1.165) is 31.7 Å². The van der Waals surface area contributed by atoms with E-state index in [1.54, 1.807) is 6.07 Å². The molecule has 2 aromatic rings. The van der Waals surface area contributed by atoms with Crippen molar-refractivity contribution in [2.24, 2.45) is 0 Å². The molecular weight excluding hydrogens is 349 g/mol. The van der Waals surface area contributed by atoms with Crippen molar-refractivity contribution in [3.8, 4) is 0 Å². The van der Waals surface area contributed by atoms with Gasteiger partial charge in [0.25, 0.3) is 0 Å². The summed E-state index contributed by atoms with van der Waals surface area (Å²) in [6.45, 7) is 6.90. The Morgan fingerprint density at radius 3 is 2.57 bits per heavy atom. The summed E-state index contributed by atoms with van der Waals surface area (Å²) in [4.78, 5) is 4.19. The molecule has 0 saturated carbocycles. The summed E-state index contributed by atoms with van der Waals surface area (Å²) in [6.07, 6.45) is 5.29. The van der Waals surface area contributed by atoms with E-state index >= 15 is 0 Å². The molecule has 28 heavy (non-hydrogen) atoms. The minimum absolute atomic E-state index is 0.144. The maximum Gasteiger partial charge on any atom is 0.148 e. The van der Waals surface area contributed by atoms with Gasteiger partial charge in [0, 0.05) is 38.4 Å². The van der Waals surface area contributed by atoms with Crippen LogP contribution in [0.5, 0.6) is 0 Å². The summed E-state index contributed by atoms with van der Waals surface area (Å²) >= 11 is 0. The molecule has 1 fully saturated rings. The van der Waals surface area contributed by atoms with Crippen molar-refractivity contribution in [2.45, 2.75) is 32.2 Å². The van der Waals surface area contributed by atoms with Gasteiger partial charge in [-0.3, -0.25) is 0 Å². The summed E-state index contributed by atoms with van der Waals surface area (Å²) < 4.78 is 14.7. The van der Waals surface area contributed by atoms with Gasteiger partial charge in [0.05, 0.1) is 5.69 Å². The van der Waals surface area contributed by atoms with Crippen LogP contribution in [0.3, 0.4) is 0 Å². The highest BCUT2D eigenvalue weighted by Crippen LogP contribution is 2.27.